The van der Waals surface area contributed by atoms with Gasteiger partial charge in [0.05, 0.1) is 12.7 Å². The van der Waals surface area contributed by atoms with Crippen molar-refractivity contribution in [3.05, 3.63) is 64.1 Å². The van der Waals surface area contributed by atoms with E-state index in [9.17, 15) is 9.18 Å². The van der Waals surface area contributed by atoms with Gasteiger partial charge in [0.15, 0.2) is 0 Å². The highest BCUT2D eigenvalue weighted by Gasteiger charge is 2.17. The molecule has 0 saturated heterocycles. The van der Waals surface area contributed by atoms with Gasteiger partial charge in [-0.2, -0.15) is 16.3 Å². The van der Waals surface area contributed by atoms with E-state index >= 15 is 0 Å². The molecule has 1 N–H and O–H groups in total. The Kier molecular flexibility index (Phi) is 4.85. The Balaban J connectivity index is 1.69. The fraction of sp³-hybridized carbons (Fsp3) is 0.0952. The van der Waals surface area contributed by atoms with E-state index in [2.05, 4.69) is 20.9 Å². The standard InChI is InChI=1S/C21H15FN2O4S/c1-11-9-29-10-16(11)14-5-4-13(8-18(14)27-2)20-23-19(24-28-20)12-3-6-15(21(25)26)17(22)7-12/h3-10H,1-2H3,(H,25,26). The maximum absolute atomic E-state index is 13.9. The van der Waals surface area contributed by atoms with Crippen LogP contribution in [0.1, 0.15) is 15.9 Å². The lowest BCUT2D eigenvalue weighted by Crippen LogP contribution is -2.00. The van der Waals surface area contributed by atoms with E-state index in [1.54, 1.807) is 24.5 Å². The predicted octanol–water partition coefficient (Wildman–Crippen LogP) is 5.29. The molecule has 0 spiro atoms. The summed E-state index contributed by atoms with van der Waals surface area (Å²) in [6, 6.07) is 9.25. The Morgan fingerprint density at radius 1 is 1.14 bits per heavy atom. The molecule has 0 bridgehead atoms. The number of hydrogen-bond acceptors (Lipinski definition) is 6. The van der Waals surface area contributed by atoms with Gasteiger partial charge >= 0.3 is 5.97 Å². The minimum Gasteiger partial charge on any atom is -0.496 e. The third kappa shape index (κ3) is 3.50. The summed E-state index contributed by atoms with van der Waals surface area (Å²) in [5.41, 5.74) is 3.77. The number of hydrogen-bond donors (Lipinski definition) is 1. The number of aromatic carboxylic acids is 1. The first-order valence-corrected chi connectivity index (χ1v) is 9.50. The number of thiophene rings is 1. The molecule has 2 aromatic heterocycles. The molecule has 29 heavy (non-hydrogen) atoms. The van der Waals surface area contributed by atoms with Crippen LogP contribution in [-0.4, -0.2) is 28.3 Å². The van der Waals surface area contributed by atoms with Crippen molar-refractivity contribution in [2.45, 2.75) is 6.92 Å². The van der Waals surface area contributed by atoms with Crippen LogP contribution in [0.2, 0.25) is 0 Å². The van der Waals surface area contributed by atoms with Gasteiger partial charge in [0.25, 0.3) is 5.89 Å². The lowest BCUT2D eigenvalue weighted by atomic mass is 10.0. The molecule has 8 heteroatoms. The highest BCUT2D eigenvalue weighted by molar-refractivity contribution is 7.08. The van der Waals surface area contributed by atoms with Gasteiger partial charge in [-0.05, 0) is 65.2 Å². The molecule has 4 aromatic rings. The first-order valence-electron chi connectivity index (χ1n) is 8.56. The minimum atomic E-state index is -1.34. The number of ether oxygens (including phenoxy) is 1. The summed E-state index contributed by atoms with van der Waals surface area (Å²) in [5.74, 6) is -1.13. The molecule has 2 aromatic carbocycles. The monoisotopic (exact) mass is 410 g/mol. The summed E-state index contributed by atoms with van der Waals surface area (Å²) in [6.45, 7) is 2.04. The third-order valence-electron chi connectivity index (χ3n) is 4.48. The maximum atomic E-state index is 13.9. The smallest absolute Gasteiger partial charge is 0.338 e. The summed E-state index contributed by atoms with van der Waals surface area (Å²) in [4.78, 5) is 15.3. The average Bonchev–Trinajstić information content (AvgIpc) is 3.36. The minimum absolute atomic E-state index is 0.160. The molecule has 0 radical (unpaired) electrons. The normalized spacial score (nSPS) is 10.9. The fourth-order valence-corrected chi connectivity index (χ4v) is 3.82. The number of carbonyl (C=O) groups is 1. The Bertz CT molecular complexity index is 1220. The Morgan fingerprint density at radius 3 is 2.59 bits per heavy atom. The lowest BCUT2D eigenvalue weighted by Gasteiger charge is -2.09. The van der Waals surface area contributed by atoms with Crippen LogP contribution < -0.4 is 4.74 Å². The van der Waals surface area contributed by atoms with E-state index < -0.39 is 17.3 Å². The van der Waals surface area contributed by atoms with Gasteiger partial charge in [-0.25, -0.2) is 9.18 Å². The molecule has 0 amide bonds. The highest BCUT2D eigenvalue weighted by atomic mass is 32.1. The summed E-state index contributed by atoms with van der Waals surface area (Å²) in [7, 11) is 1.59. The Hall–Kier alpha value is -3.52. The van der Waals surface area contributed by atoms with E-state index in [1.807, 2.05) is 19.1 Å². The quantitative estimate of drug-likeness (QED) is 0.481. The van der Waals surface area contributed by atoms with Crippen LogP contribution in [0.25, 0.3) is 34.0 Å². The zero-order chi connectivity index (χ0) is 20.5. The number of aryl methyl sites for hydroxylation is 1. The number of aromatic nitrogens is 2. The van der Waals surface area contributed by atoms with Crippen LogP contribution in [0.3, 0.4) is 0 Å². The number of nitrogens with zero attached hydrogens (tertiary/aromatic N) is 2. The molecule has 0 aliphatic rings. The summed E-state index contributed by atoms with van der Waals surface area (Å²) in [5, 5.41) is 17.0. The van der Waals surface area contributed by atoms with Crippen molar-refractivity contribution in [1.82, 2.24) is 10.1 Å². The van der Waals surface area contributed by atoms with Crippen molar-refractivity contribution in [3.8, 4) is 39.7 Å². The van der Waals surface area contributed by atoms with Gasteiger partial charge in [-0.3, -0.25) is 0 Å². The van der Waals surface area contributed by atoms with Crippen molar-refractivity contribution in [3.63, 3.8) is 0 Å². The molecule has 0 atom stereocenters. The van der Waals surface area contributed by atoms with Crippen LogP contribution in [0.5, 0.6) is 5.75 Å². The van der Waals surface area contributed by atoms with Gasteiger partial charge in [0.1, 0.15) is 11.6 Å². The van der Waals surface area contributed by atoms with Crippen LogP contribution >= 0.6 is 11.3 Å². The van der Waals surface area contributed by atoms with E-state index in [0.29, 0.717) is 16.9 Å². The average molecular weight is 410 g/mol. The van der Waals surface area contributed by atoms with Crippen molar-refractivity contribution >= 4 is 17.3 Å². The number of methoxy groups -OCH3 is 1. The molecule has 2 heterocycles. The van der Waals surface area contributed by atoms with Crippen molar-refractivity contribution in [2.75, 3.05) is 7.11 Å². The first kappa shape index (κ1) is 18.8. The molecule has 0 saturated carbocycles. The zero-order valence-electron chi connectivity index (χ0n) is 15.5. The Labute approximate surface area is 169 Å². The molecule has 0 aliphatic heterocycles. The number of rotatable bonds is 5. The Morgan fingerprint density at radius 2 is 1.93 bits per heavy atom. The van der Waals surface area contributed by atoms with Crippen LogP contribution in [0.4, 0.5) is 4.39 Å². The van der Waals surface area contributed by atoms with Crippen molar-refractivity contribution in [2.24, 2.45) is 0 Å². The number of carboxylic acids is 1. The highest BCUT2D eigenvalue weighted by Crippen LogP contribution is 2.37. The van der Waals surface area contributed by atoms with Gasteiger partial charge in [-0.15, -0.1) is 0 Å². The van der Waals surface area contributed by atoms with Crippen LogP contribution in [-0.2, 0) is 0 Å². The number of carboxylic acid groups (broad SMARTS) is 1. The van der Waals surface area contributed by atoms with Crippen LogP contribution in [0.15, 0.2) is 51.7 Å². The molecule has 6 nitrogen and oxygen atoms in total. The zero-order valence-corrected chi connectivity index (χ0v) is 16.3. The first-order chi connectivity index (χ1) is 14.0. The van der Waals surface area contributed by atoms with Gasteiger partial charge in [0.2, 0.25) is 5.82 Å². The largest absolute Gasteiger partial charge is 0.496 e. The van der Waals surface area contributed by atoms with Crippen molar-refractivity contribution in [1.29, 1.82) is 0 Å². The lowest BCUT2D eigenvalue weighted by molar-refractivity contribution is 0.0692. The molecule has 0 fully saturated rings. The second kappa shape index (κ2) is 7.48. The fourth-order valence-electron chi connectivity index (χ4n) is 2.97. The van der Waals surface area contributed by atoms with E-state index in [1.165, 1.54) is 12.1 Å². The second-order valence-corrected chi connectivity index (χ2v) is 7.05. The number of halogens is 1. The van der Waals surface area contributed by atoms with E-state index in [0.717, 1.165) is 22.8 Å². The molecule has 4 rings (SSSR count). The summed E-state index contributed by atoms with van der Waals surface area (Å²) >= 11 is 1.62. The molecule has 0 unspecified atom stereocenters. The third-order valence-corrected chi connectivity index (χ3v) is 5.34. The molecular formula is C21H15FN2O4S. The van der Waals surface area contributed by atoms with Crippen molar-refractivity contribution < 1.29 is 23.6 Å². The topological polar surface area (TPSA) is 85.5 Å². The predicted molar refractivity (Wildman–Crippen MR) is 107 cm³/mol. The van der Waals surface area contributed by atoms with Crippen LogP contribution in [0, 0.1) is 12.7 Å². The van der Waals surface area contributed by atoms with Gasteiger partial charge in [0, 0.05) is 16.7 Å². The number of benzene rings is 2. The second-order valence-electron chi connectivity index (χ2n) is 6.31. The molecular weight excluding hydrogens is 395 g/mol. The molecule has 146 valence electrons. The summed E-state index contributed by atoms with van der Waals surface area (Å²) in [6.07, 6.45) is 0. The maximum Gasteiger partial charge on any atom is 0.338 e. The SMILES string of the molecule is COc1cc(-c2nc(-c3ccc(C(=O)O)c(F)c3)no2)ccc1-c1cscc1C. The van der Waals surface area contributed by atoms with Gasteiger partial charge < -0.3 is 14.4 Å². The molecule has 0 aliphatic carbocycles. The van der Waals surface area contributed by atoms with E-state index in [4.69, 9.17) is 14.4 Å². The van der Waals surface area contributed by atoms with Gasteiger partial charge in [-0.1, -0.05) is 5.16 Å². The summed E-state index contributed by atoms with van der Waals surface area (Å²) < 4.78 is 24.8. The van der Waals surface area contributed by atoms with E-state index in [-0.39, 0.29) is 11.7 Å².